The van der Waals surface area contributed by atoms with Gasteiger partial charge in [-0.2, -0.15) is 11.8 Å². The van der Waals surface area contributed by atoms with Gasteiger partial charge in [0.15, 0.2) is 0 Å². The Labute approximate surface area is 181 Å². The minimum atomic E-state index is 0.183. The first kappa shape index (κ1) is 21.5. The van der Waals surface area contributed by atoms with E-state index in [4.69, 9.17) is 0 Å². The third-order valence-corrected chi connectivity index (χ3v) is 9.58. The second kappa shape index (κ2) is 9.62. The molecule has 0 unspecified atom stereocenters. The molecule has 2 N–H and O–H groups in total. The largest absolute Gasteiger partial charge is 0.353 e. The van der Waals surface area contributed by atoms with Gasteiger partial charge in [0.25, 0.3) is 0 Å². The van der Waals surface area contributed by atoms with Crippen molar-refractivity contribution < 1.29 is 9.59 Å². The summed E-state index contributed by atoms with van der Waals surface area (Å²) in [6.07, 6.45) is 12.1. The van der Waals surface area contributed by atoms with Gasteiger partial charge in [0.05, 0.1) is 0 Å². The summed E-state index contributed by atoms with van der Waals surface area (Å²) in [5, 5.41) is 6.49. The van der Waals surface area contributed by atoms with E-state index in [1.165, 1.54) is 51.4 Å². The molecule has 4 fully saturated rings. The SMILES string of the molecule is C[C@H](NC(=O)CCSCCC(=O)N[C@@H](C)[C@@H]1C[C@@H]2CC[C@@H]1C2)[C@@H]1C[C@@H]2CC[C@@H]1C2. The Morgan fingerprint density at radius 2 is 1.21 bits per heavy atom. The standard InChI is InChI=1S/C24H40N2O2S/c1-15(21-13-17-3-5-19(21)11-17)25-23(27)7-9-29-10-8-24(28)26-16(2)22-14-18-4-6-20(22)12-18/h15-22H,3-14H2,1-2H3,(H,25,27)(H,26,28)/t15-,16-,17+,18+,19+,20+,21-,22-/m0/s1. The van der Waals surface area contributed by atoms with Crippen LogP contribution >= 0.6 is 11.8 Å². The monoisotopic (exact) mass is 420 g/mol. The molecule has 5 heteroatoms. The van der Waals surface area contributed by atoms with Crippen LogP contribution in [-0.4, -0.2) is 35.4 Å². The van der Waals surface area contributed by atoms with Crippen molar-refractivity contribution in [3.8, 4) is 0 Å². The van der Waals surface area contributed by atoms with Crippen molar-refractivity contribution in [3.63, 3.8) is 0 Å². The number of nitrogens with one attached hydrogen (secondary N) is 2. The van der Waals surface area contributed by atoms with Gasteiger partial charge in [0.2, 0.25) is 11.8 Å². The molecule has 0 heterocycles. The molecule has 0 spiro atoms. The number of amides is 2. The zero-order chi connectivity index (χ0) is 20.4. The Kier molecular flexibility index (Phi) is 7.14. The molecule has 4 saturated carbocycles. The maximum absolute atomic E-state index is 12.3. The molecule has 4 rings (SSSR count). The van der Waals surface area contributed by atoms with Crippen LogP contribution in [0.4, 0.5) is 0 Å². The van der Waals surface area contributed by atoms with Crippen molar-refractivity contribution in [1.29, 1.82) is 0 Å². The Morgan fingerprint density at radius 3 is 1.55 bits per heavy atom. The lowest BCUT2D eigenvalue weighted by atomic mass is 9.84. The van der Waals surface area contributed by atoms with Gasteiger partial charge in [-0.25, -0.2) is 0 Å². The molecule has 0 radical (unpaired) electrons. The minimum absolute atomic E-state index is 0.183. The predicted molar refractivity (Wildman–Crippen MR) is 120 cm³/mol. The quantitative estimate of drug-likeness (QED) is 0.516. The summed E-state index contributed by atoms with van der Waals surface area (Å²) in [6.45, 7) is 4.39. The maximum Gasteiger partial charge on any atom is 0.221 e. The molecular formula is C24H40N2O2S. The summed E-state index contributed by atoms with van der Waals surface area (Å²) in [6, 6.07) is 0.641. The highest BCUT2D eigenvalue weighted by Gasteiger charge is 2.43. The zero-order valence-electron chi connectivity index (χ0n) is 18.3. The van der Waals surface area contributed by atoms with E-state index >= 15 is 0 Å². The van der Waals surface area contributed by atoms with E-state index in [-0.39, 0.29) is 11.8 Å². The van der Waals surface area contributed by atoms with E-state index in [9.17, 15) is 9.59 Å². The maximum atomic E-state index is 12.3. The molecule has 0 aromatic heterocycles. The molecular weight excluding hydrogens is 380 g/mol. The molecule has 0 saturated heterocycles. The summed E-state index contributed by atoms with van der Waals surface area (Å²) < 4.78 is 0. The van der Waals surface area contributed by atoms with Crippen LogP contribution in [0, 0.1) is 35.5 Å². The van der Waals surface area contributed by atoms with Gasteiger partial charge in [-0.15, -0.1) is 0 Å². The number of carbonyl (C=O) groups excluding carboxylic acids is 2. The summed E-state index contributed by atoms with van der Waals surface area (Å²) in [5.41, 5.74) is 0. The highest BCUT2D eigenvalue weighted by molar-refractivity contribution is 7.99. The van der Waals surface area contributed by atoms with Gasteiger partial charge in [0.1, 0.15) is 0 Å². The summed E-state index contributed by atoms with van der Waals surface area (Å²) in [4.78, 5) is 24.5. The summed E-state index contributed by atoms with van der Waals surface area (Å²) in [5.74, 6) is 6.95. The first-order valence-corrected chi connectivity index (χ1v) is 13.3. The highest BCUT2D eigenvalue weighted by Crippen LogP contribution is 2.50. The van der Waals surface area contributed by atoms with Crippen LogP contribution in [0.1, 0.15) is 78.1 Å². The van der Waals surface area contributed by atoms with Gasteiger partial charge in [-0.05, 0) is 87.9 Å². The van der Waals surface area contributed by atoms with Crippen molar-refractivity contribution >= 4 is 23.6 Å². The lowest BCUT2D eigenvalue weighted by molar-refractivity contribution is -0.122. The predicted octanol–water partition coefficient (Wildman–Crippen LogP) is 4.38. The third kappa shape index (κ3) is 5.32. The molecule has 4 bridgehead atoms. The van der Waals surface area contributed by atoms with E-state index in [0.717, 1.165) is 35.2 Å². The normalized spacial score (nSPS) is 36.9. The number of hydrogen-bond acceptors (Lipinski definition) is 3. The summed E-state index contributed by atoms with van der Waals surface area (Å²) >= 11 is 1.73. The molecule has 4 aliphatic carbocycles. The molecule has 4 nitrogen and oxygen atoms in total. The first-order chi connectivity index (χ1) is 14.0. The van der Waals surface area contributed by atoms with E-state index in [1.54, 1.807) is 11.8 Å². The molecule has 0 aromatic rings. The van der Waals surface area contributed by atoms with E-state index in [2.05, 4.69) is 24.5 Å². The van der Waals surface area contributed by atoms with Crippen molar-refractivity contribution in [2.24, 2.45) is 35.5 Å². The topological polar surface area (TPSA) is 58.2 Å². The van der Waals surface area contributed by atoms with Crippen LogP contribution < -0.4 is 10.6 Å². The zero-order valence-corrected chi connectivity index (χ0v) is 19.1. The van der Waals surface area contributed by atoms with E-state index < -0.39 is 0 Å². The van der Waals surface area contributed by atoms with Crippen LogP contribution in [0.25, 0.3) is 0 Å². The van der Waals surface area contributed by atoms with Gasteiger partial charge in [-0.3, -0.25) is 9.59 Å². The number of hydrogen-bond donors (Lipinski definition) is 2. The smallest absolute Gasteiger partial charge is 0.221 e. The molecule has 0 aliphatic heterocycles. The second-order valence-electron chi connectivity index (χ2n) is 10.5. The van der Waals surface area contributed by atoms with Gasteiger partial charge >= 0.3 is 0 Å². The Morgan fingerprint density at radius 1 is 0.759 bits per heavy atom. The molecule has 8 atom stereocenters. The third-order valence-electron chi connectivity index (χ3n) is 8.59. The first-order valence-electron chi connectivity index (χ1n) is 12.2. The average Bonchev–Trinajstić information content (AvgIpc) is 3.48. The van der Waals surface area contributed by atoms with Crippen molar-refractivity contribution in [3.05, 3.63) is 0 Å². The van der Waals surface area contributed by atoms with Gasteiger partial charge in [0, 0.05) is 36.4 Å². The fourth-order valence-corrected chi connectivity index (χ4v) is 7.97. The number of carbonyl (C=O) groups is 2. The average molecular weight is 421 g/mol. The lowest BCUT2D eigenvalue weighted by Gasteiger charge is -2.28. The highest BCUT2D eigenvalue weighted by atomic mass is 32.2. The van der Waals surface area contributed by atoms with Crippen LogP contribution in [-0.2, 0) is 9.59 Å². The Balaban J connectivity index is 1.04. The molecule has 0 aromatic carbocycles. The lowest BCUT2D eigenvalue weighted by Crippen LogP contribution is -2.40. The Bertz CT molecular complexity index is 547. The van der Waals surface area contributed by atoms with Crippen LogP contribution in [0.5, 0.6) is 0 Å². The molecule has 2 amide bonds. The van der Waals surface area contributed by atoms with E-state index in [0.29, 0.717) is 36.8 Å². The number of rotatable bonds is 10. The molecule has 29 heavy (non-hydrogen) atoms. The minimum Gasteiger partial charge on any atom is -0.353 e. The van der Waals surface area contributed by atoms with Crippen molar-refractivity contribution in [2.45, 2.75) is 90.1 Å². The molecule has 164 valence electrons. The Hall–Kier alpha value is -0.710. The van der Waals surface area contributed by atoms with Gasteiger partial charge in [-0.1, -0.05) is 12.8 Å². The number of fused-ring (bicyclic) bond motifs is 4. The van der Waals surface area contributed by atoms with E-state index in [1.807, 2.05) is 0 Å². The summed E-state index contributed by atoms with van der Waals surface area (Å²) in [7, 11) is 0. The van der Waals surface area contributed by atoms with Crippen LogP contribution in [0.15, 0.2) is 0 Å². The number of thioether (sulfide) groups is 1. The van der Waals surface area contributed by atoms with Crippen LogP contribution in [0.3, 0.4) is 0 Å². The van der Waals surface area contributed by atoms with Crippen molar-refractivity contribution in [1.82, 2.24) is 10.6 Å². The van der Waals surface area contributed by atoms with Gasteiger partial charge < -0.3 is 10.6 Å². The second-order valence-corrected chi connectivity index (χ2v) is 11.7. The fourth-order valence-electron chi connectivity index (χ4n) is 7.11. The van der Waals surface area contributed by atoms with Crippen LogP contribution in [0.2, 0.25) is 0 Å². The molecule has 4 aliphatic rings. The fraction of sp³-hybridized carbons (Fsp3) is 0.917. The van der Waals surface area contributed by atoms with Crippen molar-refractivity contribution in [2.75, 3.05) is 11.5 Å².